The summed E-state index contributed by atoms with van der Waals surface area (Å²) in [7, 11) is 1.39. The number of fused-ring (bicyclic) bond motifs is 1. The number of carboxylic acids is 1. The number of thioether (sulfide) groups is 1. The SMILES string of the molecule is CON=Cc1ccccc1ON(C(C)=O)C1C(=O)N2CC(COC(C)=O)(C(=O)O)CS[C@H]12. The average molecular weight is 465 g/mol. The summed E-state index contributed by atoms with van der Waals surface area (Å²) < 4.78 is 4.94. The molecule has 0 aliphatic carbocycles. The summed E-state index contributed by atoms with van der Waals surface area (Å²) in [5.41, 5.74) is -0.884. The Morgan fingerprint density at radius 2 is 2.06 bits per heavy atom. The number of β-lactam (4-membered cyclic amide) rings is 1. The van der Waals surface area contributed by atoms with Crippen molar-refractivity contribution in [3.8, 4) is 5.75 Å². The van der Waals surface area contributed by atoms with E-state index in [9.17, 15) is 24.3 Å². The van der Waals surface area contributed by atoms with E-state index in [1.807, 2.05) is 0 Å². The van der Waals surface area contributed by atoms with Gasteiger partial charge in [-0.1, -0.05) is 17.3 Å². The lowest BCUT2D eigenvalue weighted by Crippen LogP contribution is -2.75. The fourth-order valence-electron chi connectivity index (χ4n) is 3.41. The Balaban J connectivity index is 1.79. The van der Waals surface area contributed by atoms with E-state index in [1.54, 1.807) is 24.3 Å². The first kappa shape index (κ1) is 23.4. The number of carboxylic acid groups (broad SMARTS) is 1. The van der Waals surface area contributed by atoms with Crippen LogP contribution >= 0.6 is 11.8 Å². The lowest BCUT2D eigenvalue weighted by Gasteiger charge is -2.55. The van der Waals surface area contributed by atoms with Crippen molar-refractivity contribution in [2.24, 2.45) is 10.6 Å². The van der Waals surface area contributed by atoms with Crippen LogP contribution in [0.3, 0.4) is 0 Å². The highest BCUT2D eigenvalue weighted by atomic mass is 32.2. The van der Waals surface area contributed by atoms with Crippen LogP contribution in [0.4, 0.5) is 0 Å². The molecule has 3 rings (SSSR count). The zero-order valence-corrected chi connectivity index (χ0v) is 18.5. The Bertz CT molecular complexity index is 955. The summed E-state index contributed by atoms with van der Waals surface area (Å²) in [6, 6.07) is 5.86. The number of oxime groups is 1. The molecule has 0 spiro atoms. The number of carbonyl (C=O) groups excluding carboxylic acids is 3. The third-order valence-corrected chi connectivity index (χ3v) is 6.67. The molecule has 2 saturated heterocycles. The van der Waals surface area contributed by atoms with Crippen molar-refractivity contribution in [3.05, 3.63) is 29.8 Å². The highest BCUT2D eigenvalue weighted by molar-refractivity contribution is 8.00. The standard InChI is InChI=1S/C20H23N3O8S/c1-12(24)23(31-15-7-5-4-6-14(15)8-21-29-3)16-17(26)22-9-20(19(27)28,10-30-13(2)25)11-32-18(16)22/h4-8,16,18H,9-11H2,1-3H3,(H,27,28)/t16?,18-,20?/m1/s1. The van der Waals surface area contributed by atoms with Crippen molar-refractivity contribution in [1.82, 2.24) is 9.96 Å². The van der Waals surface area contributed by atoms with Gasteiger partial charge >= 0.3 is 11.9 Å². The van der Waals surface area contributed by atoms with Crippen LogP contribution in [0.25, 0.3) is 0 Å². The first-order chi connectivity index (χ1) is 15.2. The molecule has 2 heterocycles. The van der Waals surface area contributed by atoms with Gasteiger partial charge in [0.05, 0.1) is 6.21 Å². The number of hydrogen-bond donors (Lipinski definition) is 1. The van der Waals surface area contributed by atoms with Gasteiger partial charge in [-0.2, -0.15) is 5.06 Å². The second kappa shape index (κ2) is 9.47. The van der Waals surface area contributed by atoms with Crippen LogP contribution < -0.4 is 4.84 Å². The van der Waals surface area contributed by atoms with E-state index in [-0.39, 0.29) is 18.9 Å². The predicted molar refractivity (Wildman–Crippen MR) is 113 cm³/mol. The quantitative estimate of drug-likeness (QED) is 0.255. The van der Waals surface area contributed by atoms with Crippen molar-refractivity contribution in [2.75, 3.05) is 26.0 Å². The summed E-state index contributed by atoms with van der Waals surface area (Å²) in [5, 5.41) is 13.9. The summed E-state index contributed by atoms with van der Waals surface area (Å²) in [4.78, 5) is 60.2. The van der Waals surface area contributed by atoms with Gasteiger partial charge in [-0.15, -0.1) is 11.8 Å². The normalized spacial score (nSPS) is 24.3. The first-order valence-corrected chi connectivity index (χ1v) is 10.7. The van der Waals surface area contributed by atoms with E-state index in [0.717, 1.165) is 5.06 Å². The molecule has 1 aromatic rings. The average Bonchev–Trinajstić information content (AvgIpc) is 2.76. The van der Waals surface area contributed by atoms with Gasteiger partial charge in [0.1, 0.15) is 24.5 Å². The summed E-state index contributed by atoms with van der Waals surface area (Å²) in [6.45, 7) is 1.99. The van der Waals surface area contributed by atoms with Crippen LogP contribution in [0.1, 0.15) is 19.4 Å². The first-order valence-electron chi connectivity index (χ1n) is 9.62. The Labute approximate surface area is 188 Å². The number of para-hydroxylation sites is 1. The van der Waals surface area contributed by atoms with Gasteiger partial charge in [-0.25, -0.2) is 0 Å². The molecule has 2 fully saturated rings. The van der Waals surface area contributed by atoms with Gasteiger partial charge in [0.25, 0.3) is 11.8 Å². The Kier molecular flexibility index (Phi) is 6.92. The monoisotopic (exact) mass is 465 g/mol. The molecular weight excluding hydrogens is 442 g/mol. The number of rotatable bonds is 8. The Morgan fingerprint density at radius 1 is 1.34 bits per heavy atom. The lowest BCUT2D eigenvalue weighted by atomic mass is 9.88. The molecule has 172 valence electrons. The molecular formula is C20H23N3O8S. The molecule has 0 aromatic heterocycles. The van der Waals surface area contributed by atoms with Gasteiger partial charge < -0.3 is 24.4 Å². The minimum absolute atomic E-state index is 0.101. The number of esters is 1. The summed E-state index contributed by atoms with van der Waals surface area (Å²) in [6.07, 6.45) is 1.41. The summed E-state index contributed by atoms with van der Waals surface area (Å²) in [5.74, 6) is -2.30. The maximum atomic E-state index is 12.9. The number of nitrogens with zero attached hydrogens (tertiary/aromatic N) is 3. The fourth-order valence-corrected chi connectivity index (χ4v) is 4.96. The number of carbonyl (C=O) groups is 4. The zero-order valence-electron chi connectivity index (χ0n) is 17.7. The lowest BCUT2D eigenvalue weighted by molar-refractivity contribution is -0.193. The molecule has 1 aromatic carbocycles. The Hall–Kier alpha value is -3.28. The van der Waals surface area contributed by atoms with E-state index in [0.29, 0.717) is 11.3 Å². The molecule has 2 aliphatic heterocycles. The number of amides is 2. The molecule has 3 atom stereocenters. The van der Waals surface area contributed by atoms with Crippen molar-refractivity contribution < 1.29 is 38.7 Å². The van der Waals surface area contributed by atoms with Crippen LogP contribution in [0.15, 0.2) is 29.4 Å². The fraction of sp³-hybridized carbons (Fsp3) is 0.450. The largest absolute Gasteiger partial charge is 0.481 e. The topological polar surface area (TPSA) is 135 Å². The number of benzene rings is 1. The number of aliphatic carboxylic acids is 1. The maximum Gasteiger partial charge on any atom is 0.315 e. The van der Waals surface area contributed by atoms with E-state index >= 15 is 0 Å². The minimum Gasteiger partial charge on any atom is -0.481 e. The second-order valence-corrected chi connectivity index (χ2v) is 8.47. The van der Waals surface area contributed by atoms with E-state index < -0.39 is 40.6 Å². The van der Waals surface area contributed by atoms with Gasteiger partial charge in [0.15, 0.2) is 11.8 Å². The molecule has 12 heteroatoms. The number of ether oxygens (including phenoxy) is 1. The van der Waals surface area contributed by atoms with Crippen molar-refractivity contribution in [1.29, 1.82) is 0 Å². The molecule has 2 aliphatic rings. The molecule has 11 nitrogen and oxygen atoms in total. The molecule has 0 radical (unpaired) electrons. The van der Waals surface area contributed by atoms with Gasteiger partial charge in [0, 0.05) is 31.7 Å². The van der Waals surface area contributed by atoms with E-state index in [4.69, 9.17) is 9.57 Å². The number of hydrogen-bond acceptors (Lipinski definition) is 9. The highest BCUT2D eigenvalue weighted by Crippen LogP contribution is 2.44. The van der Waals surface area contributed by atoms with Gasteiger partial charge in [-0.05, 0) is 12.1 Å². The predicted octanol–water partition coefficient (Wildman–Crippen LogP) is 0.727. The molecule has 1 N–H and O–H groups in total. The van der Waals surface area contributed by atoms with Crippen molar-refractivity contribution >= 4 is 41.7 Å². The smallest absolute Gasteiger partial charge is 0.315 e. The maximum absolute atomic E-state index is 12.9. The van der Waals surface area contributed by atoms with E-state index in [2.05, 4.69) is 9.99 Å². The summed E-state index contributed by atoms with van der Waals surface area (Å²) >= 11 is 1.20. The van der Waals surface area contributed by atoms with Crippen molar-refractivity contribution in [2.45, 2.75) is 25.3 Å². The van der Waals surface area contributed by atoms with Crippen molar-refractivity contribution in [3.63, 3.8) is 0 Å². The Morgan fingerprint density at radius 3 is 2.69 bits per heavy atom. The minimum atomic E-state index is -1.42. The van der Waals surface area contributed by atoms with Crippen LogP contribution in [0, 0.1) is 5.41 Å². The van der Waals surface area contributed by atoms with Crippen LogP contribution in [-0.4, -0.2) is 82.5 Å². The molecule has 0 bridgehead atoms. The zero-order chi connectivity index (χ0) is 23.5. The molecule has 2 amide bonds. The highest BCUT2D eigenvalue weighted by Gasteiger charge is 2.60. The van der Waals surface area contributed by atoms with Gasteiger partial charge in [0.2, 0.25) is 0 Å². The van der Waals surface area contributed by atoms with Gasteiger partial charge in [-0.3, -0.25) is 19.2 Å². The van der Waals surface area contributed by atoms with Crippen LogP contribution in [0.5, 0.6) is 5.75 Å². The number of hydroxylamine groups is 2. The third kappa shape index (κ3) is 4.49. The molecule has 0 saturated carbocycles. The van der Waals surface area contributed by atoms with Crippen LogP contribution in [-0.2, 0) is 28.8 Å². The molecule has 32 heavy (non-hydrogen) atoms. The third-order valence-electron chi connectivity index (χ3n) is 5.10. The second-order valence-electron chi connectivity index (χ2n) is 7.37. The molecule has 2 unspecified atom stereocenters. The van der Waals surface area contributed by atoms with E-state index in [1.165, 1.54) is 43.8 Å². The van der Waals surface area contributed by atoms with Crippen LogP contribution in [0.2, 0.25) is 0 Å².